The molecule has 1 heterocycles. The number of ether oxygens (including phenoxy) is 3. The van der Waals surface area contributed by atoms with Crippen LogP contribution in [0.5, 0.6) is 11.5 Å². The molecule has 24 heavy (non-hydrogen) atoms. The molecule has 0 bridgehead atoms. The number of amides is 1. The molecule has 0 radical (unpaired) electrons. The molecular weight excluding hydrogens is 310 g/mol. The Morgan fingerprint density at radius 3 is 2.67 bits per heavy atom. The zero-order valence-electron chi connectivity index (χ0n) is 13.2. The molecule has 1 amide bonds. The second-order valence-corrected chi connectivity index (χ2v) is 5.34. The average Bonchev–Trinajstić information content (AvgIpc) is 3.08. The van der Waals surface area contributed by atoms with Crippen LogP contribution >= 0.6 is 0 Å². The van der Waals surface area contributed by atoms with Gasteiger partial charge in [-0.1, -0.05) is 30.3 Å². The SMILES string of the molecule is C[C@H](NC(=O)COC(=O)c1ccc2c(c1)OCO2)c1ccccc1. The Balaban J connectivity index is 1.51. The number of nitrogens with one attached hydrogen (secondary N) is 1. The molecule has 6 heteroatoms. The third kappa shape index (κ3) is 3.65. The lowest BCUT2D eigenvalue weighted by atomic mass is 10.1. The van der Waals surface area contributed by atoms with E-state index in [1.54, 1.807) is 12.1 Å². The first-order valence-electron chi connectivity index (χ1n) is 7.54. The molecule has 0 saturated heterocycles. The summed E-state index contributed by atoms with van der Waals surface area (Å²) in [6, 6.07) is 14.1. The molecule has 1 N–H and O–H groups in total. The van der Waals surface area contributed by atoms with Crippen LogP contribution < -0.4 is 14.8 Å². The summed E-state index contributed by atoms with van der Waals surface area (Å²) < 4.78 is 15.4. The van der Waals surface area contributed by atoms with Gasteiger partial charge in [-0.05, 0) is 30.7 Å². The largest absolute Gasteiger partial charge is 0.454 e. The van der Waals surface area contributed by atoms with Crippen molar-refractivity contribution < 1.29 is 23.8 Å². The Labute approximate surface area is 139 Å². The maximum atomic E-state index is 12.0. The van der Waals surface area contributed by atoms with Crippen LogP contribution in [-0.2, 0) is 9.53 Å². The Morgan fingerprint density at radius 2 is 1.88 bits per heavy atom. The summed E-state index contributed by atoms with van der Waals surface area (Å²) in [4.78, 5) is 23.9. The fourth-order valence-corrected chi connectivity index (χ4v) is 2.35. The van der Waals surface area contributed by atoms with Gasteiger partial charge in [-0.3, -0.25) is 4.79 Å². The van der Waals surface area contributed by atoms with E-state index in [4.69, 9.17) is 14.2 Å². The molecule has 3 rings (SSSR count). The maximum Gasteiger partial charge on any atom is 0.338 e. The Bertz CT molecular complexity index is 744. The molecule has 124 valence electrons. The number of fused-ring (bicyclic) bond motifs is 1. The highest BCUT2D eigenvalue weighted by atomic mass is 16.7. The van der Waals surface area contributed by atoms with E-state index in [0.29, 0.717) is 17.1 Å². The minimum absolute atomic E-state index is 0.133. The van der Waals surface area contributed by atoms with Crippen LogP contribution in [0.3, 0.4) is 0 Å². The molecule has 1 atom stereocenters. The molecule has 1 aliphatic heterocycles. The normalized spacial score (nSPS) is 13.2. The third-order valence-electron chi connectivity index (χ3n) is 3.62. The van der Waals surface area contributed by atoms with Crippen molar-refractivity contribution in [1.29, 1.82) is 0 Å². The van der Waals surface area contributed by atoms with Gasteiger partial charge in [0, 0.05) is 0 Å². The van der Waals surface area contributed by atoms with E-state index in [-0.39, 0.29) is 25.3 Å². The minimum Gasteiger partial charge on any atom is -0.454 e. The molecule has 0 fully saturated rings. The second kappa shape index (κ2) is 7.04. The average molecular weight is 327 g/mol. The van der Waals surface area contributed by atoms with E-state index < -0.39 is 5.97 Å². The van der Waals surface area contributed by atoms with E-state index in [2.05, 4.69) is 5.32 Å². The lowest BCUT2D eigenvalue weighted by Crippen LogP contribution is -2.31. The van der Waals surface area contributed by atoms with Gasteiger partial charge in [-0.25, -0.2) is 4.79 Å². The van der Waals surface area contributed by atoms with Gasteiger partial charge in [-0.2, -0.15) is 0 Å². The van der Waals surface area contributed by atoms with Gasteiger partial charge in [0.1, 0.15) is 0 Å². The minimum atomic E-state index is -0.587. The van der Waals surface area contributed by atoms with Crippen molar-refractivity contribution >= 4 is 11.9 Å². The monoisotopic (exact) mass is 327 g/mol. The number of rotatable bonds is 5. The summed E-state index contributed by atoms with van der Waals surface area (Å²) in [5.74, 6) is 0.129. The van der Waals surface area contributed by atoms with Gasteiger partial charge in [0.25, 0.3) is 5.91 Å². The van der Waals surface area contributed by atoms with Crippen LogP contribution in [0.4, 0.5) is 0 Å². The van der Waals surface area contributed by atoms with Gasteiger partial charge in [0.2, 0.25) is 6.79 Å². The summed E-state index contributed by atoms with van der Waals surface area (Å²) in [6.45, 7) is 1.66. The topological polar surface area (TPSA) is 73.9 Å². The van der Waals surface area contributed by atoms with Gasteiger partial charge in [0.15, 0.2) is 18.1 Å². The van der Waals surface area contributed by atoms with Crippen molar-refractivity contribution in [3.63, 3.8) is 0 Å². The maximum absolute atomic E-state index is 12.0. The highest BCUT2D eigenvalue weighted by Crippen LogP contribution is 2.32. The van der Waals surface area contributed by atoms with E-state index in [1.165, 1.54) is 6.07 Å². The lowest BCUT2D eigenvalue weighted by Gasteiger charge is -2.14. The van der Waals surface area contributed by atoms with Gasteiger partial charge in [0.05, 0.1) is 11.6 Å². The molecule has 0 aromatic heterocycles. The third-order valence-corrected chi connectivity index (χ3v) is 3.62. The molecule has 1 aliphatic rings. The summed E-state index contributed by atoms with van der Waals surface area (Å²) in [7, 11) is 0. The highest BCUT2D eigenvalue weighted by molar-refractivity contribution is 5.92. The molecule has 2 aromatic rings. The zero-order valence-corrected chi connectivity index (χ0v) is 13.2. The van der Waals surface area contributed by atoms with E-state index >= 15 is 0 Å². The van der Waals surface area contributed by atoms with Crippen molar-refractivity contribution in [2.24, 2.45) is 0 Å². The highest BCUT2D eigenvalue weighted by Gasteiger charge is 2.18. The smallest absolute Gasteiger partial charge is 0.338 e. The van der Waals surface area contributed by atoms with Crippen LogP contribution in [0.15, 0.2) is 48.5 Å². The Morgan fingerprint density at radius 1 is 1.12 bits per heavy atom. The quantitative estimate of drug-likeness (QED) is 0.854. The van der Waals surface area contributed by atoms with E-state index in [1.807, 2.05) is 37.3 Å². The van der Waals surface area contributed by atoms with Crippen LogP contribution in [0.2, 0.25) is 0 Å². The summed E-state index contributed by atoms with van der Waals surface area (Å²) in [5.41, 5.74) is 1.29. The van der Waals surface area contributed by atoms with Crippen molar-refractivity contribution in [3.8, 4) is 11.5 Å². The Hall–Kier alpha value is -3.02. The zero-order chi connectivity index (χ0) is 16.9. The van der Waals surface area contributed by atoms with Crippen LogP contribution in [0.25, 0.3) is 0 Å². The number of esters is 1. The predicted octanol–water partition coefficient (Wildman–Crippen LogP) is 2.45. The fraction of sp³-hybridized carbons (Fsp3) is 0.222. The van der Waals surface area contributed by atoms with Gasteiger partial charge in [-0.15, -0.1) is 0 Å². The van der Waals surface area contributed by atoms with Crippen molar-refractivity contribution in [1.82, 2.24) is 5.32 Å². The van der Waals surface area contributed by atoms with Crippen LogP contribution in [-0.4, -0.2) is 25.3 Å². The van der Waals surface area contributed by atoms with Crippen LogP contribution in [0.1, 0.15) is 28.9 Å². The van der Waals surface area contributed by atoms with Crippen molar-refractivity contribution in [2.45, 2.75) is 13.0 Å². The molecule has 0 unspecified atom stereocenters. The van der Waals surface area contributed by atoms with Crippen molar-refractivity contribution in [2.75, 3.05) is 13.4 Å². The molecular formula is C18H17NO5. The number of carbonyl (C=O) groups excluding carboxylic acids is 2. The fourth-order valence-electron chi connectivity index (χ4n) is 2.35. The molecule has 0 spiro atoms. The van der Waals surface area contributed by atoms with Crippen LogP contribution in [0, 0.1) is 0 Å². The first-order valence-corrected chi connectivity index (χ1v) is 7.54. The molecule has 6 nitrogen and oxygen atoms in total. The standard InChI is InChI=1S/C18H17NO5/c1-12(13-5-3-2-4-6-13)19-17(20)10-22-18(21)14-7-8-15-16(9-14)24-11-23-15/h2-9,12H,10-11H2,1H3,(H,19,20)/t12-/m0/s1. The summed E-state index contributed by atoms with van der Waals surface area (Å²) in [6.07, 6.45) is 0. The van der Waals surface area contributed by atoms with Gasteiger partial charge >= 0.3 is 5.97 Å². The predicted molar refractivity (Wildman–Crippen MR) is 85.8 cm³/mol. The van der Waals surface area contributed by atoms with Crippen molar-refractivity contribution in [3.05, 3.63) is 59.7 Å². The number of benzene rings is 2. The van der Waals surface area contributed by atoms with E-state index in [0.717, 1.165) is 5.56 Å². The first kappa shape index (κ1) is 15.9. The lowest BCUT2D eigenvalue weighted by molar-refractivity contribution is -0.124. The van der Waals surface area contributed by atoms with Gasteiger partial charge < -0.3 is 19.5 Å². The Kier molecular flexibility index (Phi) is 4.65. The molecule has 0 aliphatic carbocycles. The molecule has 2 aromatic carbocycles. The second-order valence-electron chi connectivity index (χ2n) is 5.34. The summed E-state index contributed by atoms with van der Waals surface area (Å²) in [5, 5.41) is 2.78. The first-order chi connectivity index (χ1) is 11.6. The molecule has 0 saturated carbocycles. The van der Waals surface area contributed by atoms with E-state index in [9.17, 15) is 9.59 Å². The number of hydrogen-bond acceptors (Lipinski definition) is 5. The summed E-state index contributed by atoms with van der Waals surface area (Å²) >= 11 is 0. The number of hydrogen-bond donors (Lipinski definition) is 1. The number of carbonyl (C=O) groups is 2.